The van der Waals surface area contributed by atoms with E-state index in [1.807, 2.05) is 0 Å². The van der Waals surface area contributed by atoms with Crippen LogP contribution in [-0.2, 0) is 4.74 Å². The number of rotatable bonds is 5. The minimum absolute atomic E-state index is 0.866. The largest absolute Gasteiger partial charge is 0.385 e. The summed E-state index contributed by atoms with van der Waals surface area (Å²) < 4.78 is 4.87. The zero-order valence-corrected chi connectivity index (χ0v) is 6.02. The molecule has 0 fully saturated rings. The topological polar surface area (TPSA) is 9.23 Å². The van der Waals surface area contributed by atoms with Crippen molar-refractivity contribution >= 4 is 0 Å². The molecule has 52 valence electrons. The van der Waals surface area contributed by atoms with E-state index in [0.717, 1.165) is 25.9 Å². The van der Waals surface area contributed by atoms with E-state index < -0.39 is 0 Å². The first-order valence-electron chi connectivity index (χ1n) is 3.34. The molecule has 0 aliphatic heterocycles. The van der Waals surface area contributed by atoms with Crippen molar-refractivity contribution in [1.29, 1.82) is 0 Å². The number of terminal acetylenes is 1. The van der Waals surface area contributed by atoms with E-state index in [1.54, 1.807) is 7.11 Å². The summed E-state index contributed by atoms with van der Waals surface area (Å²) in [6.45, 7) is 0.866. The third-order valence-corrected chi connectivity index (χ3v) is 1.17. The van der Waals surface area contributed by atoms with Crippen molar-refractivity contribution in [2.75, 3.05) is 13.7 Å². The lowest BCUT2D eigenvalue weighted by molar-refractivity contribution is 0.192. The van der Waals surface area contributed by atoms with Crippen molar-refractivity contribution in [3.63, 3.8) is 0 Å². The Morgan fingerprint density at radius 2 is 2.11 bits per heavy atom. The van der Waals surface area contributed by atoms with Crippen LogP contribution in [0.3, 0.4) is 0 Å². The van der Waals surface area contributed by atoms with Crippen LogP contribution < -0.4 is 0 Å². The molecule has 0 bridgehead atoms. The monoisotopic (exact) mass is 126 g/mol. The Labute approximate surface area is 57.4 Å². The molecule has 0 aromatic heterocycles. The third-order valence-electron chi connectivity index (χ3n) is 1.17. The molecule has 0 aliphatic rings. The maximum absolute atomic E-state index is 5.06. The fraction of sp³-hybridized carbons (Fsp3) is 0.750. The number of hydrogen-bond acceptors (Lipinski definition) is 1. The molecular weight excluding hydrogens is 112 g/mol. The highest BCUT2D eigenvalue weighted by Crippen LogP contribution is 1.97. The smallest absolute Gasteiger partial charge is 0.0462 e. The van der Waals surface area contributed by atoms with E-state index >= 15 is 0 Å². The number of ether oxygens (including phenoxy) is 1. The summed E-state index contributed by atoms with van der Waals surface area (Å²) in [5.41, 5.74) is 0. The minimum atomic E-state index is 0.866. The Bertz CT molecular complexity index is 81.1. The highest BCUT2D eigenvalue weighted by Gasteiger charge is 1.84. The molecule has 0 amide bonds. The summed E-state index contributed by atoms with van der Waals surface area (Å²) in [7, 11) is 1.72. The first kappa shape index (κ1) is 8.52. The normalized spacial score (nSPS) is 8.89. The summed E-state index contributed by atoms with van der Waals surface area (Å²) in [5, 5.41) is 0. The Balaban J connectivity index is 2.69. The van der Waals surface area contributed by atoms with Gasteiger partial charge in [-0.15, -0.1) is 12.3 Å². The second-order valence-corrected chi connectivity index (χ2v) is 2.01. The molecule has 1 heteroatoms. The lowest BCUT2D eigenvalue weighted by atomic mass is 10.2. The van der Waals surface area contributed by atoms with Crippen molar-refractivity contribution in [2.24, 2.45) is 0 Å². The van der Waals surface area contributed by atoms with Crippen LogP contribution in [0.15, 0.2) is 0 Å². The van der Waals surface area contributed by atoms with Gasteiger partial charge >= 0.3 is 0 Å². The van der Waals surface area contributed by atoms with Crippen LogP contribution in [0.5, 0.6) is 0 Å². The van der Waals surface area contributed by atoms with Crippen LogP contribution in [-0.4, -0.2) is 13.7 Å². The molecule has 0 aromatic carbocycles. The van der Waals surface area contributed by atoms with Gasteiger partial charge in [0, 0.05) is 20.1 Å². The predicted octanol–water partition coefficient (Wildman–Crippen LogP) is 1.83. The molecule has 0 radical (unpaired) electrons. The van der Waals surface area contributed by atoms with Crippen LogP contribution in [0, 0.1) is 12.3 Å². The molecule has 0 spiro atoms. The first-order chi connectivity index (χ1) is 4.41. The van der Waals surface area contributed by atoms with Gasteiger partial charge < -0.3 is 4.74 Å². The van der Waals surface area contributed by atoms with Gasteiger partial charge in [-0.2, -0.15) is 0 Å². The molecule has 0 rings (SSSR count). The van der Waals surface area contributed by atoms with E-state index in [2.05, 4.69) is 5.92 Å². The summed E-state index contributed by atoms with van der Waals surface area (Å²) in [4.78, 5) is 0. The summed E-state index contributed by atoms with van der Waals surface area (Å²) in [5.74, 6) is 2.60. The van der Waals surface area contributed by atoms with Gasteiger partial charge in [-0.3, -0.25) is 0 Å². The van der Waals surface area contributed by atoms with Gasteiger partial charge in [0.2, 0.25) is 0 Å². The lowest BCUT2D eigenvalue weighted by Crippen LogP contribution is -1.87. The Kier molecular flexibility index (Phi) is 7.12. The molecule has 0 saturated heterocycles. The van der Waals surface area contributed by atoms with Crippen molar-refractivity contribution in [3.8, 4) is 12.3 Å². The maximum Gasteiger partial charge on any atom is 0.0462 e. The average Bonchev–Trinajstić information content (AvgIpc) is 1.89. The van der Waals surface area contributed by atoms with Gasteiger partial charge in [-0.05, 0) is 12.8 Å². The van der Waals surface area contributed by atoms with E-state index in [4.69, 9.17) is 11.2 Å². The van der Waals surface area contributed by atoms with Crippen LogP contribution in [0.4, 0.5) is 0 Å². The molecular formula is C8H14O. The molecule has 0 aromatic rings. The lowest BCUT2D eigenvalue weighted by Gasteiger charge is -1.95. The first-order valence-corrected chi connectivity index (χ1v) is 3.34. The highest BCUT2D eigenvalue weighted by molar-refractivity contribution is 4.82. The number of unbranched alkanes of at least 4 members (excludes halogenated alkanes) is 3. The highest BCUT2D eigenvalue weighted by atomic mass is 16.5. The van der Waals surface area contributed by atoms with E-state index in [1.165, 1.54) is 6.42 Å². The number of hydrogen-bond donors (Lipinski definition) is 0. The Morgan fingerprint density at radius 1 is 1.33 bits per heavy atom. The SMILES string of the molecule is C#CCCCCCOC. The van der Waals surface area contributed by atoms with Crippen LogP contribution in [0.25, 0.3) is 0 Å². The van der Waals surface area contributed by atoms with Crippen LogP contribution in [0.2, 0.25) is 0 Å². The Morgan fingerprint density at radius 3 is 2.67 bits per heavy atom. The van der Waals surface area contributed by atoms with Crippen molar-refractivity contribution in [3.05, 3.63) is 0 Å². The second-order valence-electron chi connectivity index (χ2n) is 2.01. The van der Waals surface area contributed by atoms with Gasteiger partial charge in [0.05, 0.1) is 0 Å². The quantitative estimate of drug-likeness (QED) is 0.403. The molecule has 1 nitrogen and oxygen atoms in total. The average molecular weight is 126 g/mol. The minimum Gasteiger partial charge on any atom is -0.385 e. The van der Waals surface area contributed by atoms with Gasteiger partial charge in [0.1, 0.15) is 0 Å². The zero-order valence-electron chi connectivity index (χ0n) is 6.02. The molecule has 0 atom stereocenters. The van der Waals surface area contributed by atoms with E-state index in [9.17, 15) is 0 Å². The predicted molar refractivity (Wildman–Crippen MR) is 39.2 cm³/mol. The second kappa shape index (κ2) is 7.52. The third kappa shape index (κ3) is 7.52. The van der Waals surface area contributed by atoms with Gasteiger partial charge in [0.25, 0.3) is 0 Å². The van der Waals surface area contributed by atoms with Crippen molar-refractivity contribution in [2.45, 2.75) is 25.7 Å². The van der Waals surface area contributed by atoms with Crippen molar-refractivity contribution < 1.29 is 4.74 Å². The molecule has 0 unspecified atom stereocenters. The molecule has 9 heavy (non-hydrogen) atoms. The maximum atomic E-state index is 5.06. The molecule has 0 heterocycles. The van der Waals surface area contributed by atoms with Crippen LogP contribution in [0.1, 0.15) is 25.7 Å². The standard InChI is InChI=1S/C8H14O/c1-3-4-5-6-7-8-9-2/h1H,4-8H2,2H3. The van der Waals surface area contributed by atoms with Gasteiger partial charge in [-0.1, -0.05) is 6.42 Å². The zero-order chi connectivity index (χ0) is 6.95. The van der Waals surface area contributed by atoms with Crippen molar-refractivity contribution in [1.82, 2.24) is 0 Å². The Hall–Kier alpha value is -0.480. The fourth-order valence-corrected chi connectivity index (χ4v) is 0.650. The summed E-state index contributed by atoms with van der Waals surface area (Å²) in [6, 6.07) is 0. The molecule has 0 aliphatic carbocycles. The molecule has 0 saturated carbocycles. The van der Waals surface area contributed by atoms with E-state index in [-0.39, 0.29) is 0 Å². The molecule has 0 N–H and O–H groups in total. The van der Waals surface area contributed by atoms with Gasteiger partial charge in [-0.25, -0.2) is 0 Å². The van der Waals surface area contributed by atoms with Gasteiger partial charge in [0.15, 0.2) is 0 Å². The number of methoxy groups -OCH3 is 1. The summed E-state index contributed by atoms with van der Waals surface area (Å²) in [6.07, 6.45) is 9.44. The summed E-state index contributed by atoms with van der Waals surface area (Å²) >= 11 is 0. The van der Waals surface area contributed by atoms with E-state index in [0.29, 0.717) is 0 Å². The fourth-order valence-electron chi connectivity index (χ4n) is 0.650. The van der Waals surface area contributed by atoms with Crippen LogP contribution >= 0.6 is 0 Å².